The van der Waals surface area contributed by atoms with E-state index in [1.165, 1.54) is 14.0 Å². The lowest BCUT2D eigenvalue weighted by Gasteiger charge is -2.20. The van der Waals surface area contributed by atoms with Gasteiger partial charge in [-0.2, -0.15) is 12.6 Å². The zero-order chi connectivity index (χ0) is 11.3. The number of rotatable bonds is 4. The van der Waals surface area contributed by atoms with Crippen molar-refractivity contribution in [2.24, 2.45) is 0 Å². The van der Waals surface area contributed by atoms with Crippen molar-refractivity contribution in [3.8, 4) is 0 Å². The molecule has 0 bridgehead atoms. The highest BCUT2D eigenvalue weighted by Crippen LogP contribution is 2.04. The Hall–Kier alpha value is -0.750. The highest BCUT2D eigenvalue weighted by molar-refractivity contribution is 7.81. The molecule has 0 unspecified atom stereocenters. The van der Waals surface area contributed by atoms with Crippen molar-refractivity contribution >= 4 is 24.5 Å². The lowest BCUT2D eigenvalue weighted by Crippen LogP contribution is -2.49. The largest absolute Gasteiger partial charge is 0.453 e. The molecular weight excluding hydrogens is 206 g/mol. The Labute approximate surface area is 88.2 Å². The van der Waals surface area contributed by atoms with E-state index in [4.69, 9.17) is 0 Å². The summed E-state index contributed by atoms with van der Waals surface area (Å²) in [6.07, 6.45) is -1.73. The van der Waals surface area contributed by atoms with Crippen LogP contribution < -0.4 is 5.32 Å². The van der Waals surface area contributed by atoms with Crippen molar-refractivity contribution < 1.29 is 19.4 Å². The first-order valence-corrected chi connectivity index (χ1v) is 4.66. The minimum atomic E-state index is -0.977. The van der Waals surface area contributed by atoms with Crippen LogP contribution >= 0.6 is 12.6 Å². The first-order valence-electron chi connectivity index (χ1n) is 4.14. The van der Waals surface area contributed by atoms with Crippen molar-refractivity contribution in [1.82, 2.24) is 5.32 Å². The molecule has 0 aromatic carbocycles. The molecule has 5 nitrogen and oxygen atoms in total. The summed E-state index contributed by atoms with van der Waals surface area (Å²) in [5, 5.41) is 10.9. The molecule has 6 heteroatoms. The number of Topliss-reactive ketones (excluding diaryl/α,β-unsaturated/α-hetero) is 1. The number of ketones is 1. The number of thiol groups is 1. The second-order valence-corrected chi connectivity index (χ2v) is 3.71. The molecule has 0 saturated carbocycles. The Morgan fingerprint density at radius 1 is 1.43 bits per heavy atom. The number of alkyl carbamates (subject to hydrolysis) is 1. The average Bonchev–Trinajstić information content (AvgIpc) is 2.11. The first-order chi connectivity index (χ1) is 6.40. The molecule has 82 valence electrons. The number of carbonyl (C=O) groups excluding carboxylic acids is 2. The summed E-state index contributed by atoms with van der Waals surface area (Å²) in [5.74, 6) is -0.353. The van der Waals surface area contributed by atoms with Gasteiger partial charge in [-0.25, -0.2) is 4.79 Å². The molecule has 0 heterocycles. The molecule has 0 saturated heterocycles. The van der Waals surface area contributed by atoms with Crippen LogP contribution in [0, 0.1) is 0 Å². The first kappa shape index (κ1) is 13.2. The summed E-state index contributed by atoms with van der Waals surface area (Å²) in [4.78, 5) is 22.3. The number of carbonyl (C=O) groups is 2. The fourth-order valence-corrected chi connectivity index (χ4v) is 1.04. The second kappa shape index (κ2) is 5.87. The quantitative estimate of drug-likeness (QED) is 0.583. The van der Waals surface area contributed by atoms with Crippen molar-refractivity contribution in [2.75, 3.05) is 7.11 Å². The molecule has 0 radical (unpaired) electrons. The van der Waals surface area contributed by atoms with E-state index in [9.17, 15) is 14.7 Å². The number of aliphatic hydroxyl groups excluding tert-OH is 1. The third kappa shape index (κ3) is 3.97. The molecular formula is C8H15NO4S. The van der Waals surface area contributed by atoms with Crippen LogP contribution in [0.1, 0.15) is 13.8 Å². The molecule has 0 aliphatic rings. The minimum absolute atomic E-state index is 0.353. The van der Waals surface area contributed by atoms with Gasteiger partial charge >= 0.3 is 6.09 Å². The van der Waals surface area contributed by atoms with E-state index in [1.807, 2.05) is 0 Å². The highest BCUT2D eigenvalue weighted by Gasteiger charge is 2.27. The molecule has 0 spiro atoms. The second-order valence-electron chi connectivity index (χ2n) is 2.93. The van der Waals surface area contributed by atoms with Crippen LogP contribution in [0.4, 0.5) is 4.79 Å². The van der Waals surface area contributed by atoms with Gasteiger partial charge in [-0.1, -0.05) is 0 Å². The third-order valence-corrected chi connectivity index (χ3v) is 1.91. The average molecular weight is 221 g/mol. The molecule has 14 heavy (non-hydrogen) atoms. The van der Waals surface area contributed by atoms with Crippen LogP contribution in [-0.4, -0.2) is 41.5 Å². The number of amides is 1. The summed E-state index contributed by atoms with van der Waals surface area (Å²) in [6, 6.07) is -0.977. The van der Waals surface area contributed by atoms with Gasteiger partial charge in [0.05, 0.1) is 18.5 Å². The van der Waals surface area contributed by atoms with Crippen molar-refractivity contribution in [2.45, 2.75) is 31.2 Å². The van der Waals surface area contributed by atoms with Crippen LogP contribution in [-0.2, 0) is 9.53 Å². The maximum absolute atomic E-state index is 11.4. The minimum Gasteiger partial charge on any atom is -0.453 e. The number of methoxy groups -OCH3 is 1. The van der Waals surface area contributed by atoms with E-state index in [2.05, 4.69) is 22.7 Å². The number of nitrogens with one attached hydrogen (secondary N) is 1. The van der Waals surface area contributed by atoms with Gasteiger partial charge in [0.2, 0.25) is 0 Å². The monoisotopic (exact) mass is 221 g/mol. The van der Waals surface area contributed by atoms with Gasteiger partial charge in [0.1, 0.15) is 6.04 Å². The topological polar surface area (TPSA) is 75.6 Å². The summed E-state index contributed by atoms with van der Waals surface area (Å²) in [6.45, 7) is 2.98. The Bertz CT molecular complexity index is 217. The highest BCUT2D eigenvalue weighted by atomic mass is 32.1. The van der Waals surface area contributed by atoms with Gasteiger partial charge in [-0.05, 0) is 13.8 Å². The van der Waals surface area contributed by atoms with E-state index in [1.54, 1.807) is 6.92 Å². The fraction of sp³-hybridized carbons (Fsp3) is 0.750. The van der Waals surface area contributed by atoms with Gasteiger partial charge in [-0.15, -0.1) is 0 Å². The van der Waals surface area contributed by atoms with Crippen LogP contribution in [0.3, 0.4) is 0 Å². The van der Waals surface area contributed by atoms with E-state index in [0.717, 1.165) is 0 Å². The molecule has 2 N–H and O–H groups in total. The summed E-state index contributed by atoms with van der Waals surface area (Å²) in [7, 11) is 1.18. The van der Waals surface area contributed by atoms with Gasteiger partial charge in [-0.3, -0.25) is 4.79 Å². The van der Waals surface area contributed by atoms with E-state index in [0.29, 0.717) is 0 Å². The van der Waals surface area contributed by atoms with Crippen LogP contribution in [0.2, 0.25) is 0 Å². The van der Waals surface area contributed by atoms with Gasteiger partial charge in [0.25, 0.3) is 0 Å². The lowest BCUT2D eigenvalue weighted by atomic mass is 10.1. The van der Waals surface area contributed by atoms with Crippen LogP contribution in [0.25, 0.3) is 0 Å². The molecule has 0 rings (SSSR count). The zero-order valence-corrected chi connectivity index (χ0v) is 9.25. The molecule has 0 aliphatic carbocycles. The van der Waals surface area contributed by atoms with Crippen molar-refractivity contribution in [3.05, 3.63) is 0 Å². The Morgan fingerprint density at radius 2 is 1.93 bits per heavy atom. The van der Waals surface area contributed by atoms with Gasteiger partial charge in [0.15, 0.2) is 5.78 Å². The predicted molar refractivity (Wildman–Crippen MR) is 54.5 cm³/mol. The summed E-state index contributed by atoms with van der Waals surface area (Å²) < 4.78 is 4.32. The standard InChI is InChI=1S/C8H15NO4S/c1-4(10)6(7(11)5(2)14)9-8(12)13-3/h4-6,10,14H,1-3H3,(H,9,12)/t4-,5-,6-/m0/s1. The number of hydrogen-bond donors (Lipinski definition) is 3. The van der Waals surface area contributed by atoms with Gasteiger partial charge in [0, 0.05) is 0 Å². The molecule has 0 aromatic rings. The van der Waals surface area contributed by atoms with Crippen molar-refractivity contribution in [1.29, 1.82) is 0 Å². The number of ether oxygens (including phenoxy) is 1. The normalized spacial score (nSPS) is 16.6. The fourth-order valence-electron chi connectivity index (χ4n) is 0.875. The third-order valence-electron chi connectivity index (χ3n) is 1.66. The lowest BCUT2D eigenvalue weighted by molar-refractivity contribution is -0.122. The Balaban J connectivity index is 4.45. The van der Waals surface area contributed by atoms with Crippen LogP contribution in [0.15, 0.2) is 0 Å². The van der Waals surface area contributed by atoms with E-state index in [-0.39, 0.29) is 5.78 Å². The molecule has 1 amide bonds. The zero-order valence-electron chi connectivity index (χ0n) is 8.35. The molecule has 0 fully saturated rings. The SMILES string of the molecule is COC(=O)N[C@H](C(=O)[C@H](C)S)[C@H](C)O. The molecule has 0 aliphatic heterocycles. The van der Waals surface area contributed by atoms with Crippen molar-refractivity contribution in [3.63, 3.8) is 0 Å². The van der Waals surface area contributed by atoms with E-state index < -0.39 is 23.5 Å². The Morgan fingerprint density at radius 3 is 2.21 bits per heavy atom. The summed E-state index contributed by atoms with van der Waals surface area (Å²) >= 11 is 3.93. The summed E-state index contributed by atoms with van der Waals surface area (Å²) in [5.41, 5.74) is 0. The predicted octanol–water partition coefficient (Wildman–Crippen LogP) is -0.0208. The number of aliphatic hydroxyl groups is 1. The van der Waals surface area contributed by atoms with E-state index >= 15 is 0 Å². The molecule has 3 atom stereocenters. The smallest absolute Gasteiger partial charge is 0.407 e. The Kier molecular flexibility index (Phi) is 5.56. The number of hydrogen-bond acceptors (Lipinski definition) is 5. The maximum atomic E-state index is 11.4. The maximum Gasteiger partial charge on any atom is 0.407 e. The van der Waals surface area contributed by atoms with Crippen LogP contribution in [0.5, 0.6) is 0 Å². The van der Waals surface area contributed by atoms with Gasteiger partial charge < -0.3 is 15.2 Å². The molecule has 0 aromatic heterocycles.